The zero-order valence-corrected chi connectivity index (χ0v) is 11.9. The molecular weight excluding hydrogens is 294 g/mol. The first-order chi connectivity index (χ1) is 8.49. The van der Waals surface area contributed by atoms with Gasteiger partial charge in [-0.15, -0.1) is 11.3 Å². The van der Waals surface area contributed by atoms with Gasteiger partial charge in [0.05, 0.1) is 16.0 Å². The van der Waals surface area contributed by atoms with Crippen molar-refractivity contribution in [1.29, 1.82) is 0 Å². The Bertz CT molecular complexity index is 568. The van der Waals surface area contributed by atoms with E-state index in [9.17, 15) is 9.50 Å². The van der Waals surface area contributed by atoms with E-state index in [0.29, 0.717) is 22.0 Å². The molecule has 0 saturated heterocycles. The van der Waals surface area contributed by atoms with Gasteiger partial charge in [0.15, 0.2) is 0 Å². The van der Waals surface area contributed by atoms with Crippen LogP contribution in [0.15, 0.2) is 23.6 Å². The van der Waals surface area contributed by atoms with Gasteiger partial charge in [0.1, 0.15) is 5.82 Å². The fraction of sp³-hybridized carbons (Fsp3) is 0.231. The van der Waals surface area contributed by atoms with Crippen LogP contribution in [0.4, 0.5) is 4.39 Å². The number of hydrogen-bond acceptors (Lipinski definition) is 2. The van der Waals surface area contributed by atoms with Crippen molar-refractivity contribution in [3.63, 3.8) is 0 Å². The van der Waals surface area contributed by atoms with Gasteiger partial charge in [-0.3, -0.25) is 0 Å². The molecule has 5 heteroatoms. The molecule has 0 spiro atoms. The number of rotatable bonds is 3. The summed E-state index contributed by atoms with van der Waals surface area (Å²) < 4.78 is 12.9. The first-order valence-electron chi connectivity index (χ1n) is 5.34. The van der Waals surface area contributed by atoms with Gasteiger partial charge in [-0.1, -0.05) is 29.3 Å². The smallest absolute Gasteiger partial charge is 0.124 e. The van der Waals surface area contributed by atoms with Crippen LogP contribution in [0.25, 0.3) is 0 Å². The minimum atomic E-state index is -0.723. The molecule has 0 fully saturated rings. The lowest BCUT2D eigenvalue weighted by Crippen LogP contribution is -2.01. The Morgan fingerprint density at radius 3 is 2.67 bits per heavy atom. The lowest BCUT2D eigenvalue weighted by molar-refractivity contribution is 0.182. The van der Waals surface area contributed by atoms with Crippen LogP contribution in [0.5, 0.6) is 0 Å². The number of halogens is 3. The van der Waals surface area contributed by atoms with Crippen LogP contribution >= 0.6 is 34.5 Å². The van der Waals surface area contributed by atoms with Crippen molar-refractivity contribution in [2.75, 3.05) is 0 Å². The third kappa shape index (κ3) is 2.86. The summed E-state index contributed by atoms with van der Waals surface area (Å²) in [7, 11) is 0. The standard InChI is InChI=1S/C13H11Cl2FOS/c1-7-6-18-13(12(7)15)11(17)4-8-2-3-9(16)5-10(8)14/h2-3,5-6,11,17H,4H2,1H3. The van der Waals surface area contributed by atoms with Gasteiger partial charge < -0.3 is 5.11 Å². The van der Waals surface area contributed by atoms with Gasteiger partial charge >= 0.3 is 0 Å². The van der Waals surface area contributed by atoms with Crippen molar-refractivity contribution >= 4 is 34.5 Å². The number of hydrogen-bond donors (Lipinski definition) is 1. The van der Waals surface area contributed by atoms with E-state index < -0.39 is 6.10 Å². The minimum Gasteiger partial charge on any atom is -0.387 e. The predicted octanol–water partition coefficient (Wildman–Crippen LogP) is 4.78. The first-order valence-corrected chi connectivity index (χ1v) is 6.98. The molecule has 0 bridgehead atoms. The van der Waals surface area contributed by atoms with Crippen molar-refractivity contribution in [3.05, 3.63) is 55.4 Å². The highest BCUT2D eigenvalue weighted by molar-refractivity contribution is 7.10. The second-order valence-corrected chi connectivity index (χ2v) is 5.75. The van der Waals surface area contributed by atoms with E-state index >= 15 is 0 Å². The molecule has 0 amide bonds. The average molecular weight is 305 g/mol. The Morgan fingerprint density at radius 2 is 2.11 bits per heavy atom. The van der Waals surface area contributed by atoms with Crippen molar-refractivity contribution < 1.29 is 9.50 Å². The molecule has 1 heterocycles. The van der Waals surface area contributed by atoms with E-state index in [1.54, 1.807) is 6.07 Å². The molecule has 0 radical (unpaired) electrons. The molecule has 0 aliphatic rings. The average Bonchev–Trinajstić information content (AvgIpc) is 2.64. The zero-order chi connectivity index (χ0) is 13.3. The third-order valence-electron chi connectivity index (χ3n) is 2.66. The minimum absolute atomic E-state index is 0.318. The van der Waals surface area contributed by atoms with Gasteiger partial charge in [0, 0.05) is 11.4 Å². The largest absolute Gasteiger partial charge is 0.387 e. The summed E-state index contributed by atoms with van der Waals surface area (Å²) in [4.78, 5) is 0.717. The summed E-state index contributed by atoms with van der Waals surface area (Å²) in [5, 5.41) is 12.9. The van der Waals surface area contributed by atoms with Crippen LogP contribution in [-0.2, 0) is 6.42 Å². The van der Waals surface area contributed by atoms with Crippen LogP contribution < -0.4 is 0 Å². The first kappa shape index (κ1) is 13.8. The molecule has 1 N–H and O–H groups in total. The Hall–Kier alpha value is -0.610. The lowest BCUT2D eigenvalue weighted by Gasteiger charge is -2.11. The molecule has 1 atom stereocenters. The maximum atomic E-state index is 12.9. The number of aliphatic hydroxyl groups is 1. The van der Waals surface area contributed by atoms with Gasteiger partial charge in [0.2, 0.25) is 0 Å². The number of benzene rings is 1. The van der Waals surface area contributed by atoms with Crippen molar-refractivity contribution in [2.24, 2.45) is 0 Å². The highest BCUT2D eigenvalue weighted by atomic mass is 35.5. The van der Waals surface area contributed by atoms with Gasteiger partial charge in [-0.05, 0) is 35.6 Å². The molecule has 1 aromatic heterocycles. The van der Waals surface area contributed by atoms with Crippen molar-refractivity contribution in [2.45, 2.75) is 19.4 Å². The Balaban J connectivity index is 2.21. The summed E-state index contributed by atoms with van der Waals surface area (Å²) in [6.45, 7) is 1.89. The quantitative estimate of drug-likeness (QED) is 0.865. The summed E-state index contributed by atoms with van der Waals surface area (Å²) in [6.07, 6.45) is -0.405. The summed E-state index contributed by atoms with van der Waals surface area (Å²) >= 11 is 13.4. The van der Waals surface area contributed by atoms with E-state index in [1.165, 1.54) is 23.5 Å². The molecule has 0 saturated carbocycles. The molecule has 18 heavy (non-hydrogen) atoms. The van der Waals surface area contributed by atoms with E-state index in [1.807, 2.05) is 12.3 Å². The van der Waals surface area contributed by atoms with Crippen LogP contribution in [0.3, 0.4) is 0 Å². The van der Waals surface area contributed by atoms with E-state index in [0.717, 1.165) is 10.4 Å². The normalized spacial score (nSPS) is 12.7. The molecule has 0 aliphatic carbocycles. The molecule has 1 nitrogen and oxygen atoms in total. The highest BCUT2D eigenvalue weighted by Gasteiger charge is 2.17. The predicted molar refractivity (Wildman–Crippen MR) is 74.1 cm³/mol. The maximum absolute atomic E-state index is 12.9. The SMILES string of the molecule is Cc1csc(C(O)Cc2ccc(F)cc2Cl)c1Cl. The van der Waals surface area contributed by atoms with Crippen LogP contribution in [-0.4, -0.2) is 5.11 Å². The second-order valence-electron chi connectivity index (χ2n) is 4.05. The molecular formula is C13H11Cl2FOS. The van der Waals surface area contributed by atoms with Crippen LogP contribution in [0, 0.1) is 12.7 Å². The number of thiophene rings is 1. The van der Waals surface area contributed by atoms with Gasteiger partial charge in [0.25, 0.3) is 0 Å². The lowest BCUT2D eigenvalue weighted by atomic mass is 10.1. The Morgan fingerprint density at radius 1 is 1.39 bits per heavy atom. The monoisotopic (exact) mass is 304 g/mol. The number of aliphatic hydroxyl groups excluding tert-OH is 1. The molecule has 96 valence electrons. The second kappa shape index (κ2) is 5.57. The molecule has 1 unspecified atom stereocenters. The van der Waals surface area contributed by atoms with Crippen LogP contribution in [0.1, 0.15) is 22.1 Å². The summed E-state index contributed by atoms with van der Waals surface area (Å²) in [5.74, 6) is -0.386. The third-order valence-corrected chi connectivity index (χ3v) is 4.82. The van der Waals surface area contributed by atoms with E-state index in [2.05, 4.69) is 0 Å². The van der Waals surface area contributed by atoms with Gasteiger partial charge in [-0.25, -0.2) is 4.39 Å². The number of aryl methyl sites for hydroxylation is 1. The Labute approximate surface area is 119 Å². The molecule has 1 aromatic carbocycles. The maximum Gasteiger partial charge on any atom is 0.124 e. The van der Waals surface area contributed by atoms with Crippen molar-refractivity contribution in [3.8, 4) is 0 Å². The van der Waals surface area contributed by atoms with Gasteiger partial charge in [-0.2, -0.15) is 0 Å². The fourth-order valence-corrected chi connectivity index (χ4v) is 3.21. The summed E-state index contributed by atoms with van der Waals surface area (Å²) in [5.41, 5.74) is 1.65. The van der Waals surface area contributed by atoms with E-state index in [4.69, 9.17) is 23.2 Å². The molecule has 2 rings (SSSR count). The summed E-state index contributed by atoms with van der Waals surface area (Å²) in [6, 6.07) is 4.15. The fourth-order valence-electron chi connectivity index (χ4n) is 1.66. The van der Waals surface area contributed by atoms with Crippen LogP contribution in [0.2, 0.25) is 10.0 Å². The molecule has 2 aromatic rings. The molecule has 0 aliphatic heterocycles. The van der Waals surface area contributed by atoms with Crippen molar-refractivity contribution in [1.82, 2.24) is 0 Å². The Kier molecular flexibility index (Phi) is 4.28. The van der Waals surface area contributed by atoms with E-state index in [-0.39, 0.29) is 5.82 Å². The topological polar surface area (TPSA) is 20.2 Å². The highest BCUT2D eigenvalue weighted by Crippen LogP contribution is 2.34. The zero-order valence-electron chi connectivity index (χ0n) is 9.58.